The number of methoxy groups -OCH3 is 1. The molecule has 0 saturated carbocycles. The lowest BCUT2D eigenvalue weighted by Gasteiger charge is -2.23. The summed E-state index contributed by atoms with van der Waals surface area (Å²) in [6.07, 6.45) is 2.27. The fraction of sp³-hybridized carbons (Fsp3) is 0.360. The molecule has 5 nitrogen and oxygen atoms in total. The van der Waals surface area contributed by atoms with E-state index in [1.165, 1.54) is 5.69 Å². The van der Waals surface area contributed by atoms with E-state index >= 15 is 0 Å². The van der Waals surface area contributed by atoms with Gasteiger partial charge in [-0.1, -0.05) is 45.9 Å². The maximum atomic E-state index is 5.47. The molecule has 0 atom stereocenters. The van der Waals surface area contributed by atoms with E-state index in [4.69, 9.17) is 14.7 Å². The number of pyridine rings is 1. The van der Waals surface area contributed by atoms with Crippen LogP contribution in [0.5, 0.6) is 5.75 Å². The molecule has 0 aliphatic carbocycles. The molecule has 0 aliphatic heterocycles. The molecule has 0 fully saturated rings. The second kappa shape index (κ2) is 10.1. The van der Waals surface area contributed by atoms with Crippen LogP contribution in [0.15, 0.2) is 48.5 Å². The van der Waals surface area contributed by atoms with Crippen molar-refractivity contribution in [3.05, 3.63) is 48.5 Å². The van der Waals surface area contributed by atoms with Crippen molar-refractivity contribution in [2.75, 3.05) is 25.1 Å². The standard InChI is InChI=1S/C23H26N4O.C2H6/c1-4-13-27(14-5-2)17-10-12-18-20(15-17)26-23(25-18)19-11-9-16-7-6-8-21(28-3)22(16)24-19;1-2/h6-12,15H,4-5,13-14H2,1-3H3,(H,25,26);1-2H3. The summed E-state index contributed by atoms with van der Waals surface area (Å²) in [5, 5.41) is 1.05. The highest BCUT2D eigenvalue weighted by Crippen LogP contribution is 2.28. The molecule has 4 rings (SSSR count). The number of nitrogens with zero attached hydrogens (tertiary/aromatic N) is 3. The monoisotopic (exact) mass is 404 g/mol. The quantitative estimate of drug-likeness (QED) is 0.385. The summed E-state index contributed by atoms with van der Waals surface area (Å²) in [6.45, 7) is 10.6. The van der Waals surface area contributed by atoms with E-state index in [9.17, 15) is 0 Å². The summed E-state index contributed by atoms with van der Waals surface area (Å²) in [7, 11) is 1.67. The van der Waals surface area contributed by atoms with Crippen molar-refractivity contribution in [3.8, 4) is 17.3 Å². The molecule has 2 aromatic carbocycles. The van der Waals surface area contributed by atoms with Gasteiger partial charge in [0.05, 0.1) is 18.1 Å². The fourth-order valence-corrected chi connectivity index (χ4v) is 3.64. The SMILES string of the molecule is CC.CCCN(CCC)c1ccc2nc(-c3ccc4cccc(OC)c4n3)[nH]c2c1. The first-order valence-electron chi connectivity index (χ1n) is 10.9. The Bertz CT molecular complexity index is 1100. The number of hydrogen-bond donors (Lipinski definition) is 1. The number of aromatic nitrogens is 3. The Morgan fingerprint density at radius 2 is 1.70 bits per heavy atom. The molecule has 2 aromatic heterocycles. The highest BCUT2D eigenvalue weighted by Gasteiger charge is 2.12. The van der Waals surface area contributed by atoms with Crippen molar-refractivity contribution in [2.24, 2.45) is 0 Å². The molecule has 2 heterocycles. The van der Waals surface area contributed by atoms with Gasteiger partial charge < -0.3 is 14.6 Å². The molecule has 1 N–H and O–H groups in total. The number of H-pyrrole nitrogens is 1. The zero-order valence-electron chi connectivity index (χ0n) is 18.7. The van der Waals surface area contributed by atoms with E-state index in [1.54, 1.807) is 7.11 Å². The molecular formula is C25H32N4O. The summed E-state index contributed by atoms with van der Waals surface area (Å²) < 4.78 is 5.47. The van der Waals surface area contributed by atoms with Gasteiger partial charge in [-0.25, -0.2) is 9.97 Å². The van der Waals surface area contributed by atoms with Crippen molar-refractivity contribution < 1.29 is 4.74 Å². The number of imidazole rings is 1. The number of fused-ring (bicyclic) bond motifs is 2. The highest BCUT2D eigenvalue weighted by molar-refractivity contribution is 5.87. The van der Waals surface area contributed by atoms with Gasteiger partial charge in [-0.3, -0.25) is 0 Å². The van der Waals surface area contributed by atoms with Crippen LogP contribution in [-0.4, -0.2) is 35.2 Å². The van der Waals surface area contributed by atoms with Crippen LogP contribution in [0.3, 0.4) is 0 Å². The van der Waals surface area contributed by atoms with Crippen LogP contribution in [0.4, 0.5) is 5.69 Å². The van der Waals surface area contributed by atoms with E-state index in [2.05, 4.69) is 48.0 Å². The van der Waals surface area contributed by atoms with Crippen LogP contribution < -0.4 is 9.64 Å². The van der Waals surface area contributed by atoms with Gasteiger partial charge in [0.2, 0.25) is 0 Å². The van der Waals surface area contributed by atoms with Gasteiger partial charge in [-0.05, 0) is 43.2 Å². The summed E-state index contributed by atoms with van der Waals surface area (Å²) in [5.41, 5.74) is 4.88. The molecule has 0 spiro atoms. The van der Waals surface area contributed by atoms with Crippen LogP contribution in [0.25, 0.3) is 33.5 Å². The van der Waals surface area contributed by atoms with E-state index in [0.717, 1.165) is 65.1 Å². The van der Waals surface area contributed by atoms with Gasteiger partial charge >= 0.3 is 0 Å². The Kier molecular flexibility index (Phi) is 7.28. The number of nitrogens with one attached hydrogen (secondary N) is 1. The first-order chi connectivity index (χ1) is 14.7. The van der Waals surface area contributed by atoms with Crippen molar-refractivity contribution in [1.29, 1.82) is 0 Å². The second-order valence-electron chi connectivity index (χ2n) is 7.00. The van der Waals surface area contributed by atoms with E-state index in [-0.39, 0.29) is 0 Å². The molecule has 0 saturated heterocycles. The Balaban J connectivity index is 0.00000124. The Labute approximate surface area is 179 Å². The van der Waals surface area contributed by atoms with E-state index < -0.39 is 0 Å². The maximum Gasteiger partial charge on any atom is 0.157 e. The molecule has 158 valence electrons. The third kappa shape index (κ3) is 4.40. The van der Waals surface area contributed by atoms with Crippen molar-refractivity contribution >= 4 is 27.6 Å². The fourth-order valence-electron chi connectivity index (χ4n) is 3.64. The molecule has 0 radical (unpaired) electrons. The highest BCUT2D eigenvalue weighted by atomic mass is 16.5. The van der Waals surface area contributed by atoms with Crippen LogP contribution in [0.2, 0.25) is 0 Å². The topological polar surface area (TPSA) is 54.0 Å². The largest absolute Gasteiger partial charge is 0.494 e. The third-order valence-corrected chi connectivity index (χ3v) is 4.96. The average molecular weight is 405 g/mol. The van der Waals surface area contributed by atoms with Gasteiger partial charge in [-0.15, -0.1) is 0 Å². The van der Waals surface area contributed by atoms with Crippen LogP contribution >= 0.6 is 0 Å². The molecule has 5 heteroatoms. The minimum atomic E-state index is 0.771. The minimum absolute atomic E-state index is 0.771. The number of para-hydroxylation sites is 1. The Hall–Kier alpha value is -3.08. The zero-order valence-corrected chi connectivity index (χ0v) is 18.7. The number of rotatable bonds is 7. The van der Waals surface area contributed by atoms with Crippen molar-refractivity contribution in [1.82, 2.24) is 15.0 Å². The van der Waals surface area contributed by atoms with Crippen LogP contribution in [-0.2, 0) is 0 Å². The average Bonchev–Trinajstić information content (AvgIpc) is 3.23. The molecule has 0 amide bonds. The van der Waals surface area contributed by atoms with Gasteiger partial charge in [0.25, 0.3) is 0 Å². The number of anilines is 1. The molecule has 30 heavy (non-hydrogen) atoms. The van der Waals surface area contributed by atoms with Crippen molar-refractivity contribution in [3.63, 3.8) is 0 Å². The number of benzene rings is 2. The summed E-state index contributed by atoms with van der Waals surface area (Å²) >= 11 is 0. The summed E-state index contributed by atoms with van der Waals surface area (Å²) in [5.74, 6) is 1.55. The molecule has 0 bridgehead atoms. The third-order valence-electron chi connectivity index (χ3n) is 4.96. The summed E-state index contributed by atoms with van der Waals surface area (Å²) in [4.78, 5) is 15.4. The zero-order chi connectivity index (χ0) is 21.5. The first-order valence-corrected chi connectivity index (χ1v) is 10.9. The minimum Gasteiger partial charge on any atom is -0.494 e. The van der Waals surface area contributed by atoms with Gasteiger partial charge in [0.15, 0.2) is 5.82 Å². The maximum absolute atomic E-state index is 5.47. The lowest BCUT2D eigenvalue weighted by Crippen LogP contribution is -2.24. The number of aromatic amines is 1. The smallest absolute Gasteiger partial charge is 0.157 e. The van der Waals surface area contributed by atoms with Crippen LogP contribution in [0.1, 0.15) is 40.5 Å². The molecule has 0 aliphatic rings. The molecule has 0 unspecified atom stereocenters. The van der Waals surface area contributed by atoms with E-state index in [1.807, 2.05) is 38.1 Å². The van der Waals surface area contributed by atoms with Gasteiger partial charge in [0, 0.05) is 24.2 Å². The lowest BCUT2D eigenvalue weighted by molar-refractivity contribution is 0.419. The Morgan fingerprint density at radius 3 is 2.40 bits per heavy atom. The lowest BCUT2D eigenvalue weighted by atomic mass is 10.2. The predicted octanol–water partition coefficient (Wildman–Crippen LogP) is 6.44. The van der Waals surface area contributed by atoms with Crippen LogP contribution in [0, 0.1) is 0 Å². The van der Waals surface area contributed by atoms with Crippen molar-refractivity contribution in [2.45, 2.75) is 40.5 Å². The number of hydrogen-bond acceptors (Lipinski definition) is 4. The molecular weight excluding hydrogens is 372 g/mol. The first kappa shape index (κ1) is 21.6. The molecule has 4 aromatic rings. The predicted molar refractivity (Wildman–Crippen MR) is 128 cm³/mol. The second-order valence-corrected chi connectivity index (χ2v) is 7.00. The Morgan fingerprint density at radius 1 is 0.933 bits per heavy atom. The normalized spacial score (nSPS) is 10.7. The number of ether oxygens (including phenoxy) is 1. The van der Waals surface area contributed by atoms with Gasteiger partial charge in [-0.2, -0.15) is 0 Å². The van der Waals surface area contributed by atoms with Gasteiger partial charge in [0.1, 0.15) is 17.0 Å². The van der Waals surface area contributed by atoms with E-state index in [0.29, 0.717) is 0 Å². The summed E-state index contributed by atoms with van der Waals surface area (Å²) in [6, 6.07) is 16.4.